The predicted octanol–water partition coefficient (Wildman–Crippen LogP) is 10.1. The number of carbonyl (C=O) groups is 1. The van der Waals surface area contributed by atoms with Gasteiger partial charge in [-0.05, 0) is 56.2 Å². The second kappa shape index (κ2) is 20.7. The molecule has 0 saturated carbocycles. The van der Waals surface area contributed by atoms with E-state index in [2.05, 4.69) is 39.8 Å². The molecule has 356 valence electrons. The fourth-order valence-corrected chi connectivity index (χ4v) is 9.26. The fraction of sp³-hybridized carbons (Fsp3) is 0.352. The average Bonchev–Trinajstić information content (AvgIpc) is 4.25. The molecule has 1 saturated heterocycles. The molecule has 1 aliphatic heterocycles. The number of nitrogens with one attached hydrogen (secondary N) is 1. The molecule has 3 atom stereocenters. The van der Waals surface area contributed by atoms with Gasteiger partial charge in [-0.2, -0.15) is 9.97 Å². The van der Waals surface area contributed by atoms with Crippen LogP contribution < -0.4 is 5.32 Å². The van der Waals surface area contributed by atoms with Crippen molar-refractivity contribution in [3.05, 3.63) is 131 Å². The standard InChI is InChI=1S/C54H58N8O7/c1-5-16-42-44(58-66-46(42)35-18-11-9-12-19-35)50-56-48(60-68-50)37-23-27-40(28-24-37)53(64,7-3)33-62(52(63)39-22-15-31-55-32-39)34-54(65,8-4)41-29-25-38(26-30-41)49-57-51(69-61-49)45-43(17-6-2)47(67-59-45)36-20-13-10-14-21-36/h9-14,18-21,23-30,39,55,64-65H,5-8,15-17,22,31-34H2,1-4H3. The molecular formula is C54H58N8O7. The van der Waals surface area contributed by atoms with Gasteiger partial charge in [-0.1, -0.05) is 170 Å². The zero-order chi connectivity index (χ0) is 48.0. The van der Waals surface area contributed by atoms with Crippen molar-refractivity contribution >= 4 is 5.91 Å². The number of rotatable bonds is 19. The molecule has 8 aromatic rings. The summed E-state index contributed by atoms with van der Waals surface area (Å²) in [6, 6.07) is 34.3. The molecule has 9 rings (SSSR count). The lowest BCUT2D eigenvalue weighted by Gasteiger charge is -2.41. The summed E-state index contributed by atoms with van der Waals surface area (Å²) >= 11 is 0. The highest BCUT2D eigenvalue weighted by Gasteiger charge is 2.40. The third kappa shape index (κ3) is 9.80. The Morgan fingerprint density at radius 3 is 1.45 bits per heavy atom. The van der Waals surface area contributed by atoms with Crippen LogP contribution in [0.15, 0.2) is 127 Å². The maximum Gasteiger partial charge on any atom is 0.280 e. The van der Waals surface area contributed by atoms with Gasteiger partial charge in [0.15, 0.2) is 22.9 Å². The van der Waals surface area contributed by atoms with E-state index >= 15 is 0 Å². The number of benzene rings is 4. The van der Waals surface area contributed by atoms with E-state index < -0.39 is 11.2 Å². The highest BCUT2D eigenvalue weighted by Crippen LogP contribution is 2.37. The van der Waals surface area contributed by atoms with E-state index in [-0.39, 0.29) is 36.7 Å². The maximum absolute atomic E-state index is 14.5. The zero-order valence-corrected chi connectivity index (χ0v) is 39.5. The van der Waals surface area contributed by atoms with Gasteiger partial charge in [0.1, 0.15) is 11.2 Å². The van der Waals surface area contributed by atoms with Crippen LogP contribution in [0.4, 0.5) is 0 Å². The average molecular weight is 931 g/mol. The number of nitrogens with zero attached hydrogens (tertiary/aromatic N) is 7. The molecular weight excluding hydrogens is 873 g/mol. The summed E-state index contributed by atoms with van der Waals surface area (Å²) in [7, 11) is 0. The Morgan fingerprint density at radius 1 is 0.609 bits per heavy atom. The Labute approximate surface area is 400 Å². The van der Waals surface area contributed by atoms with Gasteiger partial charge in [-0.3, -0.25) is 4.79 Å². The number of aromatic nitrogens is 6. The van der Waals surface area contributed by atoms with Gasteiger partial charge in [0.25, 0.3) is 11.8 Å². The van der Waals surface area contributed by atoms with Gasteiger partial charge in [-0.25, -0.2) is 0 Å². The molecule has 0 spiro atoms. The molecule has 0 bridgehead atoms. The normalized spacial score (nSPS) is 15.7. The van der Waals surface area contributed by atoms with Crippen molar-refractivity contribution in [2.45, 2.75) is 90.3 Å². The molecule has 15 heteroatoms. The number of hydrogen-bond acceptors (Lipinski definition) is 14. The summed E-state index contributed by atoms with van der Waals surface area (Å²) in [6.45, 7) is 9.25. The first kappa shape index (κ1) is 47.0. The maximum atomic E-state index is 14.5. The Hall–Kier alpha value is -7.07. The molecule has 5 heterocycles. The summed E-state index contributed by atoms with van der Waals surface area (Å²) in [5.74, 6) is 2.15. The van der Waals surface area contributed by atoms with Crippen molar-refractivity contribution in [1.82, 2.24) is 40.8 Å². The van der Waals surface area contributed by atoms with E-state index in [9.17, 15) is 15.0 Å². The molecule has 4 aromatic carbocycles. The molecule has 69 heavy (non-hydrogen) atoms. The third-order valence-electron chi connectivity index (χ3n) is 13.3. The van der Waals surface area contributed by atoms with E-state index in [1.54, 1.807) is 4.90 Å². The molecule has 4 aromatic heterocycles. The summed E-state index contributed by atoms with van der Waals surface area (Å²) < 4.78 is 23.1. The number of amides is 1. The van der Waals surface area contributed by atoms with Crippen LogP contribution in [0.2, 0.25) is 0 Å². The minimum absolute atomic E-state index is 0.0409. The smallest absolute Gasteiger partial charge is 0.280 e. The second-order valence-corrected chi connectivity index (χ2v) is 17.9. The van der Waals surface area contributed by atoms with Crippen molar-refractivity contribution in [2.75, 3.05) is 26.2 Å². The van der Waals surface area contributed by atoms with Crippen LogP contribution in [0.1, 0.15) is 88.5 Å². The molecule has 3 N–H and O–H groups in total. The quantitative estimate of drug-likeness (QED) is 0.0691. The number of hydrogen-bond donors (Lipinski definition) is 3. The van der Waals surface area contributed by atoms with Crippen LogP contribution in [-0.2, 0) is 28.8 Å². The largest absolute Gasteiger partial charge is 0.383 e. The molecule has 1 fully saturated rings. The molecule has 3 unspecified atom stereocenters. The van der Waals surface area contributed by atoms with Crippen LogP contribution in [0.3, 0.4) is 0 Å². The van der Waals surface area contributed by atoms with Crippen LogP contribution in [0.25, 0.3) is 68.6 Å². The Morgan fingerprint density at radius 2 is 1.06 bits per heavy atom. The molecule has 1 amide bonds. The number of carbonyl (C=O) groups excluding carboxylic acids is 1. The van der Waals surface area contributed by atoms with Crippen molar-refractivity contribution in [2.24, 2.45) is 5.92 Å². The van der Waals surface area contributed by atoms with Gasteiger partial charge < -0.3 is 38.5 Å². The topological polar surface area (TPSA) is 203 Å². The van der Waals surface area contributed by atoms with E-state index in [0.717, 1.165) is 60.9 Å². The van der Waals surface area contributed by atoms with Crippen molar-refractivity contribution in [3.63, 3.8) is 0 Å². The third-order valence-corrected chi connectivity index (χ3v) is 13.3. The predicted molar refractivity (Wildman–Crippen MR) is 260 cm³/mol. The minimum Gasteiger partial charge on any atom is -0.383 e. The molecule has 0 aliphatic carbocycles. The first-order chi connectivity index (χ1) is 33.6. The molecule has 0 radical (unpaired) electrons. The number of piperidine rings is 1. The van der Waals surface area contributed by atoms with E-state index in [0.29, 0.717) is 82.6 Å². The SMILES string of the molecule is CCCc1c(-c2nc(-c3ccc(C(O)(CC)CN(CC(O)(CC)c4ccc(-c5noc(-c6noc(-c7ccccc7)c6CCC)n5)cc4)C(=O)C4CCCNC4)cc3)no2)noc1-c1ccccc1. The van der Waals surface area contributed by atoms with Crippen LogP contribution >= 0.6 is 0 Å². The lowest BCUT2D eigenvalue weighted by molar-refractivity contribution is -0.145. The monoisotopic (exact) mass is 930 g/mol. The van der Waals surface area contributed by atoms with E-state index in [1.807, 2.05) is 123 Å². The van der Waals surface area contributed by atoms with Gasteiger partial charge in [0.05, 0.1) is 19.0 Å². The summed E-state index contributed by atoms with van der Waals surface area (Å²) in [5.41, 5.74) is 4.31. The Kier molecular flexibility index (Phi) is 14.1. The molecule has 1 aliphatic rings. The van der Waals surface area contributed by atoms with Crippen LogP contribution in [0.5, 0.6) is 0 Å². The van der Waals surface area contributed by atoms with Gasteiger partial charge in [-0.15, -0.1) is 0 Å². The number of aliphatic hydroxyl groups is 2. The van der Waals surface area contributed by atoms with Gasteiger partial charge >= 0.3 is 0 Å². The van der Waals surface area contributed by atoms with Crippen LogP contribution in [-0.4, -0.2) is 77.8 Å². The minimum atomic E-state index is -1.46. The lowest BCUT2D eigenvalue weighted by Crippen LogP contribution is -2.53. The molecule has 15 nitrogen and oxygen atoms in total. The van der Waals surface area contributed by atoms with Gasteiger partial charge in [0.2, 0.25) is 17.6 Å². The summed E-state index contributed by atoms with van der Waals surface area (Å²) in [5, 5.41) is 45.6. The summed E-state index contributed by atoms with van der Waals surface area (Å²) in [4.78, 5) is 25.6. The highest BCUT2D eigenvalue weighted by molar-refractivity contribution is 5.79. The van der Waals surface area contributed by atoms with Gasteiger partial charge in [0, 0.05) is 39.9 Å². The summed E-state index contributed by atoms with van der Waals surface area (Å²) in [6.07, 6.45) is 5.34. The Balaban J connectivity index is 0.943. The van der Waals surface area contributed by atoms with Crippen molar-refractivity contribution in [3.8, 4) is 68.6 Å². The fourth-order valence-electron chi connectivity index (χ4n) is 9.26. The first-order valence-corrected chi connectivity index (χ1v) is 24.1. The van der Waals surface area contributed by atoms with E-state index in [1.165, 1.54) is 0 Å². The van der Waals surface area contributed by atoms with Crippen molar-refractivity contribution < 1.29 is 33.1 Å². The van der Waals surface area contributed by atoms with Crippen LogP contribution in [0, 0.1) is 5.92 Å². The van der Waals surface area contributed by atoms with E-state index in [4.69, 9.17) is 28.1 Å². The second-order valence-electron chi connectivity index (χ2n) is 17.9. The first-order valence-electron chi connectivity index (χ1n) is 24.1. The zero-order valence-electron chi connectivity index (χ0n) is 39.5. The Bertz CT molecular complexity index is 2750. The highest BCUT2D eigenvalue weighted by atomic mass is 16.5. The lowest BCUT2D eigenvalue weighted by atomic mass is 9.86. The van der Waals surface area contributed by atoms with Crippen molar-refractivity contribution in [1.29, 1.82) is 0 Å².